The molecule has 0 aliphatic carbocycles. The first-order valence-corrected chi connectivity index (χ1v) is 6.96. The average molecular weight is 277 g/mol. The van der Waals surface area contributed by atoms with Gasteiger partial charge in [-0.05, 0) is 51.2 Å². The monoisotopic (exact) mass is 277 g/mol. The van der Waals surface area contributed by atoms with E-state index >= 15 is 0 Å². The van der Waals surface area contributed by atoms with Crippen LogP contribution in [0.15, 0.2) is 18.2 Å². The number of methoxy groups -OCH3 is 1. The molecule has 0 unspecified atom stereocenters. The van der Waals surface area contributed by atoms with E-state index in [1.807, 2.05) is 32.3 Å². The third-order valence-corrected chi connectivity index (χ3v) is 3.40. The Morgan fingerprint density at radius 1 is 1.50 bits per heavy atom. The van der Waals surface area contributed by atoms with Crippen molar-refractivity contribution in [1.29, 1.82) is 0 Å². The third kappa shape index (κ3) is 3.71. The lowest BCUT2D eigenvalue weighted by molar-refractivity contribution is -0.117. The summed E-state index contributed by atoms with van der Waals surface area (Å²) in [5, 5.41) is 6.17. The van der Waals surface area contributed by atoms with Gasteiger partial charge >= 0.3 is 0 Å². The largest absolute Gasteiger partial charge is 0.495 e. The zero-order valence-electron chi connectivity index (χ0n) is 12.4. The van der Waals surface area contributed by atoms with Crippen LogP contribution in [0.4, 0.5) is 5.69 Å². The second kappa shape index (κ2) is 6.72. The van der Waals surface area contributed by atoms with E-state index in [2.05, 4.69) is 15.5 Å². The Hall–Kier alpha value is -1.59. The normalized spacial score (nSPS) is 18.3. The van der Waals surface area contributed by atoms with Gasteiger partial charge in [-0.3, -0.25) is 4.79 Å². The van der Waals surface area contributed by atoms with E-state index in [1.54, 1.807) is 7.11 Å². The van der Waals surface area contributed by atoms with E-state index in [1.165, 1.54) is 0 Å². The summed E-state index contributed by atoms with van der Waals surface area (Å²) < 4.78 is 5.32. The van der Waals surface area contributed by atoms with E-state index < -0.39 is 0 Å². The van der Waals surface area contributed by atoms with E-state index in [9.17, 15) is 4.79 Å². The van der Waals surface area contributed by atoms with Gasteiger partial charge < -0.3 is 20.3 Å². The Balaban J connectivity index is 2.12. The van der Waals surface area contributed by atoms with Gasteiger partial charge in [0, 0.05) is 6.54 Å². The number of rotatable bonds is 5. The highest BCUT2D eigenvalue weighted by molar-refractivity contribution is 5.96. The number of benzene rings is 1. The molecule has 2 N–H and O–H groups in total. The molecule has 0 bridgehead atoms. The van der Waals surface area contributed by atoms with Gasteiger partial charge in [0.1, 0.15) is 5.75 Å². The number of hydrogen-bond acceptors (Lipinski definition) is 4. The Morgan fingerprint density at radius 3 is 2.90 bits per heavy atom. The molecule has 1 heterocycles. The van der Waals surface area contributed by atoms with Crippen LogP contribution in [0.2, 0.25) is 0 Å². The van der Waals surface area contributed by atoms with Crippen LogP contribution in [0.1, 0.15) is 18.4 Å². The van der Waals surface area contributed by atoms with Gasteiger partial charge in [0.25, 0.3) is 0 Å². The Kier molecular flexibility index (Phi) is 4.98. The summed E-state index contributed by atoms with van der Waals surface area (Å²) in [6, 6.07) is 5.81. The summed E-state index contributed by atoms with van der Waals surface area (Å²) in [6.07, 6.45) is 1.95. The molecule has 5 nitrogen and oxygen atoms in total. The van der Waals surface area contributed by atoms with Gasteiger partial charge in [-0.25, -0.2) is 0 Å². The number of carbonyl (C=O) groups is 1. The van der Waals surface area contributed by atoms with Gasteiger partial charge in [0.2, 0.25) is 5.91 Å². The summed E-state index contributed by atoms with van der Waals surface area (Å²) in [5.74, 6) is 0.710. The van der Waals surface area contributed by atoms with E-state index in [-0.39, 0.29) is 11.9 Å². The smallest absolute Gasteiger partial charge is 0.241 e. The Bertz CT molecular complexity index is 468. The summed E-state index contributed by atoms with van der Waals surface area (Å²) >= 11 is 0. The molecule has 1 aliphatic rings. The number of nitrogens with one attached hydrogen (secondary N) is 2. The van der Waals surface area contributed by atoms with E-state index in [0.29, 0.717) is 5.75 Å². The maximum Gasteiger partial charge on any atom is 0.241 e. The first kappa shape index (κ1) is 14.8. The number of carbonyl (C=O) groups excluding carboxylic acids is 1. The van der Waals surface area contributed by atoms with Crippen LogP contribution in [0.5, 0.6) is 5.75 Å². The number of amides is 1. The van der Waals surface area contributed by atoms with Crippen LogP contribution in [0.3, 0.4) is 0 Å². The number of ether oxygens (including phenoxy) is 1. The van der Waals surface area contributed by atoms with Gasteiger partial charge in [-0.15, -0.1) is 0 Å². The van der Waals surface area contributed by atoms with Crippen molar-refractivity contribution < 1.29 is 9.53 Å². The van der Waals surface area contributed by atoms with Crippen molar-refractivity contribution in [3.8, 4) is 5.75 Å². The molecule has 1 aromatic carbocycles. The van der Waals surface area contributed by atoms with Crippen molar-refractivity contribution in [2.45, 2.75) is 25.4 Å². The first-order chi connectivity index (χ1) is 9.60. The highest BCUT2D eigenvalue weighted by Crippen LogP contribution is 2.26. The topological polar surface area (TPSA) is 53.6 Å². The molecular formula is C15H23N3O2. The van der Waals surface area contributed by atoms with Crippen molar-refractivity contribution in [2.24, 2.45) is 0 Å². The number of nitrogens with zero attached hydrogens (tertiary/aromatic N) is 1. The molecule has 5 heteroatoms. The first-order valence-electron chi connectivity index (χ1n) is 6.96. The van der Waals surface area contributed by atoms with Crippen molar-refractivity contribution in [1.82, 2.24) is 10.2 Å². The molecule has 1 amide bonds. The second-order valence-corrected chi connectivity index (χ2v) is 5.41. The maximum atomic E-state index is 12.2. The van der Waals surface area contributed by atoms with Crippen LogP contribution in [0.25, 0.3) is 0 Å². The molecule has 0 radical (unpaired) electrons. The van der Waals surface area contributed by atoms with Gasteiger partial charge in [-0.2, -0.15) is 0 Å². The minimum atomic E-state index is -0.0859. The van der Waals surface area contributed by atoms with Crippen molar-refractivity contribution in [3.05, 3.63) is 23.8 Å². The molecule has 20 heavy (non-hydrogen) atoms. The second-order valence-electron chi connectivity index (χ2n) is 5.41. The van der Waals surface area contributed by atoms with Crippen LogP contribution >= 0.6 is 0 Å². The summed E-state index contributed by atoms with van der Waals surface area (Å²) in [7, 11) is 5.65. The fraction of sp³-hybridized carbons (Fsp3) is 0.533. The summed E-state index contributed by atoms with van der Waals surface area (Å²) in [4.78, 5) is 14.3. The van der Waals surface area contributed by atoms with Crippen LogP contribution in [-0.4, -0.2) is 44.6 Å². The van der Waals surface area contributed by atoms with Gasteiger partial charge in [0.15, 0.2) is 0 Å². The molecular weight excluding hydrogens is 254 g/mol. The quantitative estimate of drug-likeness (QED) is 0.855. The SMILES string of the molecule is COc1ccc(CN(C)C)cc1NC(=O)[C@H]1CCCN1. The van der Waals surface area contributed by atoms with E-state index in [4.69, 9.17) is 4.74 Å². The van der Waals surface area contributed by atoms with Gasteiger partial charge in [0.05, 0.1) is 18.8 Å². The van der Waals surface area contributed by atoms with Crippen molar-refractivity contribution >= 4 is 11.6 Å². The molecule has 1 saturated heterocycles. The van der Waals surface area contributed by atoms with Gasteiger partial charge in [-0.1, -0.05) is 6.07 Å². The lowest BCUT2D eigenvalue weighted by Gasteiger charge is -2.16. The fourth-order valence-electron chi connectivity index (χ4n) is 2.44. The van der Waals surface area contributed by atoms with Crippen molar-refractivity contribution in [3.63, 3.8) is 0 Å². The van der Waals surface area contributed by atoms with Crippen LogP contribution < -0.4 is 15.4 Å². The molecule has 1 aromatic rings. The zero-order chi connectivity index (χ0) is 14.5. The zero-order valence-corrected chi connectivity index (χ0v) is 12.4. The van der Waals surface area contributed by atoms with Crippen LogP contribution in [-0.2, 0) is 11.3 Å². The number of anilines is 1. The Morgan fingerprint density at radius 2 is 2.30 bits per heavy atom. The summed E-state index contributed by atoms with van der Waals surface area (Å²) in [6.45, 7) is 1.74. The fourth-order valence-corrected chi connectivity index (χ4v) is 2.44. The highest BCUT2D eigenvalue weighted by atomic mass is 16.5. The molecule has 0 aromatic heterocycles. The van der Waals surface area contributed by atoms with Crippen LogP contribution in [0, 0.1) is 0 Å². The average Bonchev–Trinajstić information content (AvgIpc) is 2.92. The van der Waals surface area contributed by atoms with Crippen molar-refractivity contribution in [2.75, 3.05) is 33.1 Å². The summed E-state index contributed by atoms with van der Waals surface area (Å²) in [5.41, 5.74) is 1.89. The number of hydrogen-bond donors (Lipinski definition) is 2. The predicted octanol–water partition coefficient (Wildman–Crippen LogP) is 1.45. The molecule has 2 rings (SSSR count). The molecule has 1 fully saturated rings. The maximum absolute atomic E-state index is 12.2. The third-order valence-electron chi connectivity index (χ3n) is 3.40. The molecule has 0 saturated carbocycles. The predicted molar refractivity (Wildman–Crippen MR) is 80.0 cm³/mol. The Labute approximate surface area is 120 Å². The molecule has 1 atom stereocenters. The highest BCUT2D eigenvalue weighted by Gasteiger charge is 2.22. The minimum Gasteiger partial charge on any atom is -0.495 e. The standard InChI is InChI=1S/C15H23N3O2/c1-18(2)10-11-6-7-14(20-3)13(9-11)17-15(19)12-5-4-8-16-12/h6-7,9,12,16H,4-5,8,10H2,1-3H3,(H,17,19)/t12-/m1/s1. The lowest BCUT2D eigenvalue weighted by Crippen LogP contribution is -2.35. The molecule has 110 valence electrons. The lowest BCUT2D eigenvalue weighted by atomic mass is 10.1. The van der Waals surface area contributed by atoms with E-state index in [0.717, 1.165) is 37.2 Å². The molecule has 1 aliphatic heterocycles. The minimum absolute atomic E-state index is 0.0165. The molecule has 0 spiro atoms.